The van der Waals surface area contributed by atoms with Crippen LogP contribution in [0.15, 0.2) is 33.5 Å². The van der Waals surface area contributed by atoms with Crippen LogP contribution in [-0.4, -0.2) is 11.6 Å². The van der Waals surface area contributed by atoms with Gasteiger partial charge in [-0.05, 0) is 31.2 Å². The van der Waals surface area contributed by atoms with Gasteiger partial charge in [-0.1, -0.05) is 15.9 Å². The Bertz CT molecular complexity index is 828. The number of benzene rings is 1. The summed E-state index contributed by atoms with van der Waals surface area (Å²) in [4.78, 5) is 14.5. The largest absolute Gasteiger partial charge is 0.478 e. The molecule has 2 rings (SSSR count). The lowest BCUT2D eigenvalue weighted by atomic mass is 10.00. The van der Waals surface area contributed by atoms with Crippen LogP contribution in [0.5, 0.6) is 5.75 Å². The number of rotatable bonds is 3. The molecule has 0 fully saturated rings. The van der Waals surface area contributed by atoms with Crippen molar-refractivity contribution in [3.63, 3.8) is 0 Å². The van der Waals surface area contributed by atoms with Crippen molar-refractivity contribution in [2.45, 2.75) is 6.92 Å². The molecule has 0 saturated heterocycles. The number of aryl methyl sites for hydroxylation is 1. The van der Waals surface area contributed by atoms with E-state index in [1.165, 1.54) is 0 Å². The molecule has 1 aromatic heterocycles. The molecule has 0 amide bonds. The van der Waals surface area contributed by atoms with Crippen molar-refractivity contribution in [1.29, 1.82) is 10.5 Å². The fourth-order valence-electron chi connectivity index (χ4n) is 1.96. The van der Waals surface area contributed by atoms with Crippen molar-refractivity contribution >= 4 is 15.9 Å². The molecule has 0 aliphatic heterocycles. The minimum Gasteiger partial charge on any atom is -0.478 e. The smallest absolute Gasteiger partial charge is 0.266 e. The van der Waals surface area contributed by atoms with Crippen LogP contribution < -0.4 is 10.3 Å². The van der Waals surface area contributed by atoms with Gasteiger partial charge in [0.2, 0.25) is 0 Å². The zero-order valence-corrected chi connectivity index (χ0v) is 12.7. The van der Waals surface area contributed by atoms with E-state index in [1.54, 1.807) is 31.2 Å². The standard InChI is InChI=1S/C15H10BrN3O2/c1-9-6-11(13(8-18)15(20)19-9)12-7-10(16)2-3-14(12)21-5-4-17/h2-3,6-7H,5H2,1H3,(H,19,20). The van der Waals surface area contributed by atoms with Crippen LogP contribution >= 0.6 is 15.9 Å². The lowest BCUT2D eigenvalue weighted by molar-refractivity contribution is 0.369. The van der Waals surface area contributed by atoms with Gasteiger partial charge < -0.3 is 9.72 Å². The van der Waals surface area contributed by atoms with Gasteiger partial charge in [0.15, 0.2) is 6.61 Å². The highest BCUT2D eigenvalue weighted by atomic mass is 79.9. The molecular weight excluding hydrogens is 334 g/mol. The molecule has 1 N–H and O–H groups in total. The van der Waals surface area contributed by atoms with Crippen LogP contribution in [0.3, 0.4) is 0 Å². The molecule has 0 aliphatic rings. The van der Waals surface area contributed by atoms with Crippen LogP contribution in [0, 0.1) is 29.6 Å². The van der Waals surface area contributed by atoms with E-state index >= 15 is 0 Å². The molecule has 0 saturated carbocycles. The zero-order chi connectivity index (χ0) is 15.4. The Balaban J connectivity index is 2.72. The van der Waals surface area contributed by atoms with Crippen molar-refractivity contribution in [1.82, 2.24) is 4.98 Å². The molecular formula is C15H10BrN3O2. The molecule has 1 aromatic carbocycles. The zero-order valence-electron chi connectivity index (χ0n) is 11.1. The Labute approximate surface area is 129 Å². The van der Waals surface area contributed by atoms with Crippen LogP contribution in [0.1, 0.15) is 11.3 Å². The molecule has 0 aliphatic carbocycles. The SMILES string of the molecule is Cc1cc(-c2cc(Br)ccc2OCC#N)c(C#N)c(=O)[nH]1. The van der Waals surface area contributed by atoms with Gasteiger partial charge in [0, 0.05) is 21.3 Å². The third-order valence-corrected chi connectivity index (χ3v) is 3.30. The van der Waals surface area contributed by atoms with E-state index in [4.69, 9.17) is 10.00 Å². The molecule has 6 heteroatoms. The molecule has 1 heterocycles. The normalized spacial score (nSPS) is 9.71. The van der Waals surface area contributed by atoms with Crippen LogP contribution in [0.4, 0.5) is 0 Å². The maximum Gasteiger partial charge on any atom is 0.266 e. The Morgan fingerprint density at radius 1 is 1.29 bits per heavy atom. The van der Waals surface area contributed by atoms with Crippen LogP contribution in [0.25, 0.3) is 11.1 Å². The fraction of sp³-hybridized carbons (Fsp3) is 0.133. The minimum atomic E-state index is -0.446. The molecule has 0 bridgehead atoms. The summed E-state index contributed by atoms with van der Waals surface area (Å²) < 4.78 is 6.15. The van der Waals surface area contributed by atoms with Crippen molar-refractivity contribution in [2.24, 2.45) is 0 Å². The first-order valence-electron chi connectivity index (χ1n) is 6.00. The number of H-pyrrole nitrogens is 1. The monoisotopic (exact) mass is 343 g/mol. The molecule has 0 radical (unpaired) electrons. The second kappa shape index (κ2) is 6.25. The van der Waals surface area contributed by atoms with Crippen molar-refractivity contribution in [3.8, 4) is 29.0 Å². The Kier molecular flexibility index (Phi) is 4.42. The third-order valence-electron chi connectivity index (χ3n) is 2.80. The fourth-order valence-corrected chi connectivity index (χ4v) is 2.32. The summed E-state index contributed by atoms with van der Waals surface area (Å²) in [7, 11) is 0. The van der Waals surface area contributed by atoms with E-state index in [2.05, 4.69) is 20.9 Å². The molecule has 0 atom stereocenters. The van der Waals surface area contributed by atoms with Crippen molar-refractivity contribution in [3.05, 3.63) is 50.3 Å². The predicted molar refractivity (Wildman–Crippen MR) is 80.8 cm³/mol. The quantitative estimate of drug-likeness (QED) is 0.927. The molecule has 104 valence electrons. The second-order valence-electron chi connectivity index (χ2n) is 4.27. The van der Waals surface area contributed by atoms with E-state index in [0.717, 1.165) is 4.47 Å². The summed E-state index contributed by atoms with van der Waals surface area (Å²) in [5, 5.41) is 17.9. The number of pyridine rings is 1. The number of nitriles is 2. The maximum atomic E-state index is 11.9. The van der Waals surface area contributed by atoms with E-state index < -0.39 is 5.56 Å². The first-order valence-corrected chi connectivity index (χ1v) is 6.80. The van der Waals surface area contributed by atoms with Gasteiger partial charge in [-0.15, -0.1) is 0 Å². The molecule has 5 nitrogen and oxygen atoms in total. The van der Waals surface area contributed by atoms with Crippen LogP contribution in [0.2, 0.25) is 0 Å². The first kappa shape index (κ1) is 14.8. The Morgan fingerprint density at radius 3 is 2.71 bits per heavy atom. The van der Waals surface area contributed by atoms with Gasteiger partial charge in [0.25, 0.3) is 5.56 Å². The summed E-state index contributed by atoms with van der Waals surface area (Å²) in [6, 6.07) is 10.7. The highest BCUT2D eigenvalue weighted by Crippen LogP contribution is 2.34. The number of nitrogens with one attached hydrogen (secondary N) is 1. The minimum absolute atomic E-state index is 0.0144. The lowest BCUT2D eigenvalue weighted by Crippen LogP contribution is -2.13. The highest BCUT2D eigenvalue weighted by molar-refractivity contribution is 9.10. The summed E-state index contributed by atoms with van der Waals surface area (Å²) in [6.07, 6.45) is 0. The third kappa shape index (κ3) is 3.13. The van der Waals surface area contributed by atoms with Gasteiger partial charge in [-0.2, -0.15) is 10.5 Å². The molecule has 2 aromatic rings. The number of hydrogen-bond acceptors (Lipinski definition) is 4. The second-order valence-corrected chi connectivity index (χ2v) is 5.18. The number of aromatic nitrogens is 1. The van der Waals surface area contributed by atoms with E-state index in [9.17, 15) is 10.1 Å². The summed E-state index contributed by atoms with van der Waals surface area (Å²) >= 11 is 3.36. The topological polar surface area (TPSA) is 89.7 Å². The summed E-state index contributed by atoms with van der Waals surface area (Å²) in [5.74, 6) is 0.446. The number of hydrogen-bond donors (Lipinski definition) is 1. The van der Waals surface area contributed by atoms with Gasteiger partial charge >= 0.3 is 0 Å². The van der Waals surface area contributed by atoms with Gasteiger partial charge in [0.1, 0.15) is 23.5 Å². The number of ether oxygens (including phenoxy) is 1. The molecule has 21 heavy (non-hydrogen) atoms. The van der Waals surface area contributed by atoms with E-state index in [1.807, 2.05) is 12.1 Å². The van der Waals surface area contributed by atoms with E-state index in [0.29, 0.717) is 22.6 Å². The van der Waals surface area contributed by atoms with Crippen molar-refractivity contribution in [2.75, 3.05) is 6.61 Å². The highest BCUT2D eigenvalue weighted by Gasteiger charge is 2.15. The van der Waals surface area contributed by atoms with Gasteiger partial charge in [-0.3, -0.25) is 4.79 Å². The van der Waals surface area contributed by atoms with E-state index in [-0.39, 0.29) is 12.2 Å². The maximum absolute atomic E-state index is 11.9. The molecule has 0 unspecified atom stereocenters. The van der Waals surface area contributed by atoms with Crippen molar-refractivity contribution < 1.29 is 4.74 Å². The molecule has 0 spiro atoms. The number of nitrogens with zero attached hydrogens (tertiary/aromatic N) is 2. The average molecular weight is 344 g/mol. The average Bonchev–Trinajstić information content (AvgIpc) is 2.45. The predicted octanol–water partition coefficient (Wildman–Crippen LogP) is 2.89. The van der Waals surface area contributed by atoms with Gasteiger partial charge in [-0.25, -0.2) is 0 Å². The summed E-state index contributed by atoms with van der Waals surface area (Å²) in [5.41, 5.74) is 1.28. The van der Waals surface area contributed by atoms with Crippen LogP contribution in [-0.2, 0) is 0 Å². The number of halogens is 1. The van der Waals surface area contributed by atoms with Gasteiger partial charge in [0.05, 0.1) is 0 Å². The Hall–Kier alpha value is -2.57. The Morgan fingerprint density at radius 2 is 2.05 bits per heavy atom. The first-order chi connectivity index (χ1) is 10.1. The summed E-state index contributed by atoms with van der Waals surface area (Å²) in [6.45, 7) is 1.62. The number of aromatic amines is 1. The lowest BCUT2D eigenvalue weighted by Gasteiger charge is -2.11.